The second-order valence-corrected chi connectivity index (χ2v) is 7.64. The SMILES string of the molecule is CNc1ccccc1N(C(C)=O)C(c1ccco1)C1CC(C)(C)N(C)C1=O. The van der Waals surface area contributed by atoms with Gasteiger partial charge in [0.15, 0.2) is 0 Å². The quantitative estimate of drug-likeness (QED) is 0.873. The van der Waals surface area contributed by atoms with Crippen molar-refractivity contribution in [3.63, 3.8) is 0 Å². The number of hydrogen-bond donors (Lipinski definition) is 1. The number of hydrogen-bond acceptors (Lipinski definition) is 4. The fourth-order valence-corrected chi connectivity index (χ4v) is 3.93. The van der Waals surface area contributed by atoms with Crippen LogP contribution in [-0.4, -0.2) is 36.3 Å². The predicted octanol–water partition coefficient (Wildman–Crippen LogP) is 3.67. The number of carbonyl (C=O) groups is 2. The van der Waals surface area contributed by atoms with Crippen molar-refractivity contribution in [1.82, 2.24) is 4.90 Å². The molecule has 1 aliphatic heterocycles. The van der Waals surface area contributed by atoms with Crippen molar-refractivity contribution in [2.45, 2.75) is 38.8 Å². The molecule has 1 N–H and O–H groups in total. The molecule has 144 valence electrons. The molecule has 6 nitrogen and oxygen atoms in total. The van der Waals surface area contributed by atoms with Gasteiger partial charge in [0.25, 0.3) is 0 Å². The Bertz CT molecular complexity index is 829. The average molecular weight is 369 g/mol. The summed E-state index contributed by atoms with van der Waals surface area (Å²) < 4.78 is 5.70. The van der Waals surface area contributed by atoms with Crippen LogP contribution in [0.1, 0.15) is 39.0 Å². The molecule has 0 bridgehead atoms. The van der Waals surface area contributed by atoms with Crippen molar-refractivity contribution < 1.29 is 14.0 Å². The molecule has 2 amide bonds. The molecule has 0 spiro atoms. The molecular weight excluding hydrogens is 342 g/mol. The van der Waals surface area contributed by atoms with Gasteiger partial charge in [-0.3, -0.25) is 14.5 Å². The summed E-state index contributed by atoms with van der Waals surface area (Å²) in [6.45, 7) is 5.62. The fraction of sp³-hybridized carbons (Fsp3) is 0.429. The van der Waals surface area contributed by atoms with Crippen LogP contribution in [0.4, 0.5) is 11.4 Å². The highest BCUT2D eigenvalue weighted by Crippen LogP contribution is 2.45. The zero-order valence-corrected chi connectivity index (χ0v) is 16.5. The number of carbonyl (C=O) groups excluding carboxylic acids is 2. The van der Waals surface area contributed by atoms with E-state index in [0.717, 1.165) is 11.4 Å². The summed E-state index contributed by atoms with van der Waals surface area (Å²) in [5, 5.41) is 3.14. The van der Waals surface area contributed by atoms with Gasteiger partial charge in [-0.05, 0) is 44.5 Å². The molecular formula is C21H27N3O3. The van der Waals surface area contributed by atoms with Crippen LogP contribution in [0, 0.1) is 5.92 Å². The molecule has 0 radical (unpaired) electrons. The molecule has 1 aromatic carbocycles. The summed E-state index contributed by atoms with van der Waals surface area (Å²) >= 11 is 0. The van der Waals surface area contributed by atoms with Crippen LogP contribution in [0.15, 0.2) is 47.1 Å². The monoisotopic (exact) mass is 369 g/mol. The van der Waals surface area contributed by atoms with E-state index in [9.17, 15) is 9.59 Å². The normalized spacial score (nSPS) is 19.8. The maximum absolute atomic E-state index is 13.1. The van der Waals surface area contributed by atoms with E-state index in [2.05, 4.69) is 5.32 Å². The summed E-state index contributed by atoms with van der Waals surface area (Å²) in [5.74, 6) is 0.111. The number of para-hydroxylation sites is 2. The van der Waals surface area contributed by atoms with Gasteiger partial charge in [-0.25, -0.2) is 0 Å². The molecule has 1 fully saturated rings. The smallest absolute Gasteiger partial charge is 0.228 e. The summed E-state index contributed by atoms with van der Waals surface area (Å²) in [5.41, 5.74) is 1.27. The second kappa shape index (κ2) is 7.10. The highest BCUT2D eigenvalue weighted by Gasteiger charge is 2.49. The first-order chi connectivity index (χ1) is 12.8. The first kappa shape index (κ1) is 19.0. The van der Waals surface area contributed by atoms with E-state index >= 15 is 0 Å². The molecule has 2 aromatic rings. The van der Waals surface area contributed by atoms with Crippen molar-refractivity contribution >= 4 is 23.2 Å². The van der Waals surface area contributed by atoms with E-state index in [0.29, 0.717) is 12.2 Å². The van der Waals surface area contributed by atoms with E-state index < -0.39 is 6.04 Å². The Morgan fingerprint density at radius 2 is 2.00 bits per heavy atom. The zero-order valence-electron chi connectivity index (χ0n) is 16.5. The molecule has 1 aliphatic rings. The first-order valence-corrected chi connectivity index (χ1v) is 9.15. The Labute approximate surface area is 160 Å². The van der Waals surface area contributed by atoms with Gasteiger partial charge in [0, 0.05) is 26.6 Å². The second-order valence-electron chi connectivity index (χ2n) is 7.64. The zero-order chi connectivity index (χ0) is 19.8. The van der Waals surface area contributed by atoms with E-state index in [-0.39, 0.29) is 23.3 Å². The van der Waals surface area contributed by atoms with Crippen LogP contribution in [0.25, 0.3) is 0 Å². The van der Waals surface area contributed by atoms with Gasteiger partial charge in [0.2, 0.25) is 11.8 Å². The summed E-state index contributed by atoms with van der Waals surface area (Å²) in [4.78, 5) is 29.3. The average Bonchev–Trinajstić information content (AvgIpc) is 3.23. The van der Waals surface area contributed by atoms with Crippen LogP contribution in [-0.2, 0) is 9.59 Å². The van der Waals surface area contributed by atoms with Gasteiger partial charge in [-0.2, -0.15) is 0 Å². The largest absolute Gasteiger partial charge is 0.467 e. The van der Waals surface area contributed by atoms with Gasteiger partial charge in [-0.1, -0.05) is 12.1 Å². The Kier molecular flexibility index (Phi) is 5.00. The highest BCUT2D eigenvalue weighted by atomic mass is 16.3. The lowest BCUT2D eigenvalue weighted by molar-refractivity contribution is -0.132. The molecule has 2 atom stereocenters. The summed E-state index contributed by atoms with van der Waals surface area (Å²) in [7, 11) is 3.64. The number of nitrogens with one attached hydrogen (secondary N) is 1. The lowest BCUT2D eigenvalue weighted by Crippen LogP contribution is -2.41. The Balaban J connectivity index is 2.15. The maximum Gasteiger partial charge on any atom is 0.228 e. The van der Waals surface area contributed by atoms with Crippen LogP contribution in [0.5, 0.6) is 0 Å². The number of furan rings is 1. The van der Waals surface area contributed by atoms with Crippen LogP contribution < -0.4 is 10.2 Å². The predicted molar refractivity (Wildman–Crippen MR) is 106 cm³/mol. The number of nitrogens with zero attached hydrogens (tertiary/aromatic N) is 2. The first-order valence-electron chi connectivity index (χ1n) is 9.15. The molecule has 0 aliphatic carbocycles. The van der Waals surface area contributed by atoms with E-state index in [4.69, 9.17) is 4.42 Å². The lowest BCUT2D eigenvalue weighted by Gasteiger charge is -2.34. The fourth-order valence-electron chi connectivity index (χ4n) is 3.93. The lowest BCUT2D eigenvalue weighted by atomic mass is 9.88. The molecule has 1 aromatic heterocycles. The number of rotatable bonds is 5. The van der Waals surface area contributed by atoms with Crippen molar-refractivity contribution in [2.75, 3.05) is 24.3 Å². The van der Waals surface area contributed by atoms with Crippen molar-refractivity contribution in [3.05, 3.63) is 48.4 Å². The minimum Gasteiger partial charge on any atom is -0.467 e. The highest BCUT2D eigenvalue weighted by molar-refractivity contribution is 5.97. The Morgan fingerprint density at radius 1 is 1.30 bits per heavy atom. The van der Waals surface area contributed by atoms with Gasteiger partial charge < -0.3 is 14.6 Å². The topological polar surface area (TPSA) is 65.8 Å². The van der Waals surface area contributed by atoms with E-state index in [1.165, 1.54) is 6.92 Å². The summed E-state index contributed by atoms with van der Waals surface area (Å²) in [6, 6.07) is 10.7. The summed E-state index contributed by atoms with van der Waals surface area (Å²) in [6.07, 6.45) is 2.22. The molecule has 27 heavy (non-hydrogen) atoms. The number of anilines is 2. The standard InChI is InChI=1S/C21H27N3O3/c1-14(25)24(17-10-7-6-9-16(17)22-4)19(18-11-8-12-27-18)15-13-21(2,3)23(5)20(15)26/h6-12,15,19,22H,13H2,1-5H3. The molecule has 0 saturated carbocycles. The van der Waals surface area contributed by atoms with Crippen molar-refractivity contribution in [2.24, 2.45) is 5.92 Å². The molecule has 2 heterocycles. The van der Waals surface area contributed by atoms with Crippen molar-refractivity contribution in [1.29, 1.82) is 0 Å². The Hall–Kier alpha value is -2.76. The van der Waals surface area contributed by atoms with Gasteiger partial charge in [0.05, 0.1) is 23.6 Å². The molecule has 3 rings (SSSR count). The molecule has 1 saturated heterocycles. The number of likely N-dealkylation sites (tertiary alicyclic amines) is 1. The number of benzene rings is 1. The maximum atomic E-state index is 13.1. The Morgan fingerprint density at radius 3 is 2.52 bits per heavy atom. The minimum absolute atomic E-state index is 0.0228. The van der Waals surface area contributed by atoms with Gasteiger partial charge >= 0.3 is 0 Å². The van der Waals surface area contributed by atoms with E-state index in [1.54, 1.807) is 22.1 Å². The van der Waals surface area contributed by atoms with Crippen LogP contribution in [0.2, 0.25) is 0 Å². The molecule has 6 heteroatoms. The van der Waals surface area contributed by atoms with Gasteiger partial charge in [0.1, 0.15) is 11.8 Å². The third-order valence-corrected chi connectivity index (χ3v) is 5.54. The molecule has 2 unspecified atom stereocenters. The van der Waals surface area contributed by atoms with Gasteiger partial charge in [-0.15, -0.1) is 0 Å². The van der Waals surface area contributed by atoms with Crippen molar-refractivity contribution in [3.8, 4) is 0 Å². The number of amides is 2. The third-order valence-electron chi connectivity index (χ3n) is 5.54. The van der Waals surface area contributed by atoms with Crippen LogP contribution in [0.3, 0.4) is 0 Å². The third kappa shape index (κ3) is 3.31. The van der Waals surface area contributed by atoms with Crippen LogP contribution >= 0.6 is 0 Å². The minimum atomic E-state index is -0.510. The van der Waals surface area contributed by atoms with E-state index in [1.807, 2.05) is 58.3 Å².